The largest absolute Gasteiger partial charge is 0.325 e. The van der Waals surface area contributed by atoms with Crippen LogP contribution in [-0.2, 0) is 14.8 Å². The van der Waals surface area contributed by atoms with Crippen LogP contribution in [0.1, 0.15) is 39.5 Å². The number of amides is 1. The minimum atomic E-state index is -3.58. The third kappa shape index (κ3) is 5.70. The van der Waals surface area contributed by atoms with Crippen LogP contribution in [0.4, 0.5) is 5.69 Å². The second-order valence-corrected chi connectivity index (χ2v) is 10.9. The zero-order chi connectivity index (χ0) is 19.4. The van der Waals surface area contributed by atoms with Gasteiger partial charge in [0, 0.05) is 23.1 Å². The number of rotatable bonds is 6. The van der Waals surface area contributed by atoms with Crippen molar-refractivity contribution in [2.45, 2.75) is 54.6 Å². The predicted molar refractivity (Wildman–Crippen MR) is 110 cm³/mol. The molecule has 0 aliphatic carbocycles. The Morgan fingerprint density at radius 2 is 2.00 bits per heavy atom. The molecule has 150 valence electrons. The van der Waals surface area contributed by atoms with Gasteiger partial charge >= 0.3 is 0 Å². The highest BCUT2D eigenvalue weighted by atomic mass is 32.2. The number of thioether (sulfide) groups is 1. The lowest BCUT2D eigenvalue weighted by atomic mass is 9.99. The van der Waals surface area contributed by atoms with Gasteiger partial charge in [0.05, 0.1) is 10.6 Å². The first-order valence-electron chi connectivity index (χ1n) is 9.66. The normalized spacial score (nSPS) is 22.1. The highest BCUT2D eigenvalue weighted by Gasteiger charge is 2.22. The van der Waals surface area contributed by atoms with E-state index in [4.69, 9.17) is 0 Å². The van der Waals surface area contributed by atoms with Gasteiger partial charge < -0.3 is 10.2 Å². The zero-order valence-electron chi connectivity index (χ0n) is 16.0. The molecule has 27 heavy (non-hydrogen) atoms. The molecule has 2 N–H and O–H groups in total. The molecule has 3 rings (SSSR count). The van der Waals surface area contributed by atoms with Gasteiger partial charge in [0.25, 0.3) is 0 Å². The highest BCUT2D eigenvalue weighted by molar-refractivity contribution is 8.00. The average Bonchev–Trinajstić information content (AvgIpc) is 2.75. The van der Waals surface area contributed by atoms with Crippen LogP contribution in [0.25, 0.3) is 0 Å². The van der Waals surface area contributed by atoms with Crippen LogP contribution in [-0.4, -0.2) is 50.7 Å². The highest BCUT2D eigenvalue weighted by Crippen LogP contribution is 2.36. The molecular formula is C19H29N3O3S2. The van der Waals surface area contributed by atoms with Gasteiger partial charge in [-0.2, -0.15) is 0 Å². The minimum absolute atomic E-state index is 0.0768. The summed E-state index contributed by atoms with van der Waals surface area (Å²) in [5.74, 6) is 0.724. The molecule has 1 unspecified atom stereocenters. The van der Waals surface area contributed by atoms with Crippen molar-refractivity contribution in [1.29, 1.82) is 0 Å². The molecule has 1 fully saturated rings. The summed E-state index contributed by atoms with van der Waals surface area (Å²) in [6, 6.07) is 4.96. The summed E-state index contributed by atoms with van der Waals surface area (Å²) < 4.78 is 27.9. The first-order chi connectivity index (χ1) is 12.8. The number of carbonyl (C=O) groups is 1. The number of hydrogen-bond acceptors (Lipinski definition) is 5. The van der Waals surface area contributed by atoms with Crippen molar-refractivity contribution in [2.75, 3.05) is 31.5 Å². The molecule has 6 nitrogen and oxygen atoms in total. The van der Waals surface area contributed by atoms with Crippen molar-refractivity contribution >= 4 is 33.4 Å². The van der Waals surface area contributed by atoms with Gasteiger partial charge in [-0.15, -0.1) is 11.8 Å². The van der Waals surface area contributed by atoms with E-state index in [9.17, 15) is 13.2 Å². The summed E-state index contributed by atoms with van der Waals surface area (Å²) in [6.45, 7) is 7.83. The number of anilines is 1. The molecule has 0 bridgehead atoms. The Balaban J connectivity index is 1.56. The van der Waals surface area contributed by atoms with Gasteiger partial charge in [-0.05, 0) is 63.0 Å². The number of benzene rings is 1. The van der Waals surface area contributed by atoms with Gasteiger partial charge in [0.2, 0.25) is 15.9 Å². The van der Waals surface area contributed by atoms with E-state index in [0.717, 1.165) is 36.9 Å². The summed E-state index contributed by atoms with van der Waals surface area (Å²) in [7, 11) is -3.58. The molecule has 8 heteroatoms. The van der Waals surface area contributed by atoms with E-state index in [1.165, 1.54) is 12.8 Å². The monoisotopic (exact) mass is 411 g/mol. The molecule has 0 radical (unpaired) electrons. The fourth-order valence-corrected chi connectivity index (χ4v) is 5.63. The van der Waals surface area contributed by atoms with Crippen LogP contribution < -0.4 is 10.0 Å². The van der Waals surface area contributed by atoms with E-state index in [1.54, 1.807) is 30.0 Å². The molecule has 2 aliphatic rings. The van der Waals surface area contributed by atoms with E-state index in [0.29, 0.717) is 18.7 Å². The average molecular weight is 412 g/mol. The predicted octanol–water partition coefficient (Wildman–Crippen LogP) is 2.91. The lowest BCUT2D eigenvalue weighted by Crippen LogP contribution is -2.35. The van der Waals surface area contributed by atoms with Gasteiger partial charge in [-0.1, -0.05) is 13.8 Å². The zero-order valence-corrected chi connectivity index (χ0v) is 17.7. The second kappa shape index (κ2) is 8.94. The molecule has 0 spiro atoms. The standard InChI is InChI=1S/C19H29N3O3S2/c1-14-6-10-22(11-7-14)9-3-8-20-27(24,25)16-4-5-18-17(13-16)21-19(23)12-15(2)26-18/h4-5,13-15,20H,3,6-12H2,1-2H3,(H,21,23). The fraction of sp³-hybridized carbons (Fsp3) is 0.632. The summed E-state index contributed by atoms with van der Waals surface area (Å²) in [4.78, 5) is 15.4. The summed E-state index contributed by atoms with van der Waals surface area (Å²) in [6.07, 6.45) is 3.67. The van der Waals surface area contributed by atoms with Gasteiger partial charge in [-0.25, -0.2) is 13.1 Å². The van der Waals surface area contributed by atoms with Crippen molar-refractivity contribution in [3.8, 4) is 0 Å². The Kier molecular flexibility index (Phi) is 6.83. The number of carbonyl (C=O) groups excluding carboxylic acids is 1. The molecule has 1 aromatic rings. The smallest absolute Gasteiger partial charge is 0.240 e. The van der Waals surface area contributed by atoms with E-state index in [-0.39, 0.29) is 16.1 Å². The summed E-state index contributed by atoms with van der Waals surface area (Å²) in [5.41, 5.74) is 0.583. The molecular weight excluding hydrogens is 382 g/mol. The Bertz CT molecular complexity index is 774. The number of nitrogens with zero attached hydrogens (tertiary/aromatic N) is 1. The Morgan fingerprint density at radius 3 is 2.74 bits per heavy atom. The molecule has 1 atom stereocenters. The number of nitrogens with one attached hydrogen (secondary N) is 2. The van der Waals surface area contributed by atoms with Crippen LogP contribution in [0.5, 0.6) is 0 Å². The van der Waals surface area contributed by atoms with Crippen LogP contribution in [0, 0.1) is 5.92 Å². The molecule has 2 aliphatic heterocycles. The van der Waals surface area contributed by atoms with Crippen molar-refractivity contribution in [3.63, 3.8) is 0 Å². The molecule has 0 saturated carbocycles. The lowest BCUT2D eigenvalue weighted by Gasteiger charge is -2.30. The molecule has 1 saturated heterocycles. The van der Waals surface area contributed by atoms with Gasteiger partial charge in [-0.3, -0.25) is 4.79 Å². The summed E-state index contributed by atoms with van der Waals surface area (Å²) in [5, 5.41) is 2.99. The van der Waals surface area contributed by atoms with Gasteiger partial charge in [0.15, 0.2) is 0 Å². The second-order valence-electron chi connectivity index (χ2n) is 7.61. The third-order valence-electron chi connectivity index (χ3n) is 5.16. The number of piperidine rings is 1. The Labute approximate surface area is 166 Å². The first-order valence-corrected chi connectivity index (χ1v) is 12.0. The van der Waals surface area contributed by atoms with Crippen molar-refractivity contribution < 1.29 is 13.2 Å². The molecule has 0 aromatic heterocycles. The minimum Gasteiger partial charge on any atom is -0.325 e. The van der Waals surface area contributed by atoms with E-state index >= 15 is 0 Å². The topological polar surface area (TPSA) is 78.5 Å². The number of hydrogen-bond donors (Lipinski definition) is 2. The maximum Gasteiger partial charge on any atom is 0.240 e. The molecule has 1 amide bonds. The van der Waals surface area contributed by atoms with Crippen LogP contribution in [0.3, 0.4) is 0 Å². The number of likely N-dealkylation sites (tertiary alicyclic amines) is 1. The quantitative estimate of drug-likeness (QED) is 0.704. The SMILES string of the molecule is CC1CCN(CCCNS(=O)(=O)c2ccc3c(c2)NC(=O)CC(C)S3)CC1. The van der Waals surface area contributed by atoms with Gasteiger partial charge in [0.1, 0.15) is 0 Å². The van der Waals surface area contributed by atoms with E-state index in [2.05, 4.69) is 21.9 Å². The number of fused-ring (bicyclic) bond motifs is 1. The van der Waals surface area contributed by atoms with Crippen LogP contribution in [0.2, 0.25) is 0 Å². The van der Waals surface area contributed by atoms with E-state index < -0.39 is 10.0 Å². The maximum atomic E-state index is 12.6. The third-order valence-corrected chi connectivity index (χ3v) is 7.79. The van der Waals surface area contributed by atoms with E-state index in [1.807, 2.05) is 6.92 Å². The number of sulfonamides is 1. The van der Waals surface area contributed by atoms with Crippen LogP contribution >= 0.6 is 11.8 Å². The van der Waals surface area contributed by atoms with Crippen molar-refractivity contribution in [2.24, 2.45) is 5.92 Å². The Morgan fingerprint density at radius 1 is 1.26 bits per heavy atom. The Hall–Kier alpha value is -1.09. The molecule has 2 heterocycles. The van der Waals surface area contributed by atoms with Crippen molar-refractivity contribution in [1.82, 2.24) is 9.62 Å². The maximum absolute atomic E-state index is 12.6. The van der Waals surface area contributed by atoms with Crippen LogP contribution in [0.15, 0.2) is 28.0 Å². The van der Waals surface area contributed by atoms with Crippen molar-refractivity contribution in [3.05, 3.63) is 18.2 Å². The fourth-order valence-electron chi connectivity index (χ4n) is 3.48. The molecule has 1 aromatic carbocycles. The lowest BCUT2D eigenvalue weighted by molar-refractivity contribution is -0.116. The summed E-state index contributed by atoms with van der Waals surface area (Å²) >= 11 is 1.59. The first kappa shape index (κ1) is 20.6.